The van der Waals surface area contributed by atoms with Gasteiger partial charge in [0.15, 0.2) is 0 Å². The van der Waals surface area contributed by atoms with Gasteiger partial charge in [0.05, 0.1) is 0 Å². The van der Waals surface area contributed by atoms with E-state index in [0.717, 1.165) is 33.3 Å². The molecule has 0 saturated heterocycles. The van der Waals surface area contributed by atoms with E-state index < -0.39 is 5.97 Å². The van der Waals surface area contributed by atoms with Crippen LogP contribution in [0.3, 0.4) is 0 Å². The van der Waals surface area contributed by atoms with E-state index in [1.165, 1.54) is 0 Å². The van der Waals surface area contributed by atoms with Crippen molar-refractivity contribution < 1.29 is 14.7 Å². The van der Waals surface area contributed by atoms with Crippen molar-refractivity contribution in [2.45, 2.75) is 19.5 Å². The molecule has 1 aliphatic rings. The van der Waals surface area contributed by atoms with Crippen LogP contribution in [0, 0.1) is 0 Å². The van der Waals surface area contributed by atoms with Crippen LogP contribution in [-0.4, -0.2) is 33.0 Å². The van der Waals surface area contributed by atoms with Crippen molar-refractivity contribution in [3.05, 3.63) is 95.7 Å². The molecular formula is C26H22N2O3. The monoisotopic (exact) mass is 410 g/mol. The van der Waals surface area contributed by atoms with E-state index in [0.29, 0.717) is 25.1 Å². The molecule has 0 atom stereocenters. The number of rotatable bonds is 4. The Bertz CT molecular complexity index is 1290. The van der Waals surface area contributed by atoms with Crippen molar-refractivity contribution in [1.82, 2.24) is 9.47 Å². The van der Waals surface area contributed by atoms with Gasteiger partial charge in [-0.3, -0.25) is 9.59 Å². The second kappa shape index (κ2) is 7.76. The summed E-state index contributed by atoms with van der Waals surface area (Å²) >= 11 is 0. The Morgan fingerprint density at radius 2 is 1.58 bits per heavy atom. The number of hydrogen-bond acceptors (Lipinski definition) is 2. The fourth-order valence-electron chi connectivity index (χ4n) is 4.60. The molecule has 1 aliphatic heterocycles. The van der Waals surface area contributed by atoms with Crippen LogP contribution in [0.4, 0.5) is 0 Å². The molecule has 0 aliphatic carbocycles. The molecule has 31 heavy (non-hydrogen) atoms. The quantitative estimate of drug-likeness (QED) is 0.535. The molecule has 0 bridgehead atoms. The fourth-order valence-corrected chi connectivity index (χ4v) is 4.60. The summed E-state index contributed by atoms with van der Waals surface area (Å²) in [4.78, 5) is 26.9. The highest BCUT2D eigenvalue weighted by molar-refractivity contribution is 6.01. The smallest absolute Gasteiger partial charge is 0.323 e. The van der Waals surface area contributed by atoms with Crippen molar-refractivity contribution in [1.29, 1.82) is 0 Å². The molecule has 5 rings (SSSR count). The van der Waals surface area contributed by atoms with E-state index >= 15 is 0 Å². The summed E-state index contributed by atoms with van der Waals surface area (Å²) in [6, 6.07) is 25.5. The second-order valence-electron chi connectivity index (χ2n) is 7.81. The predicted molar refractivity (Wildman–Crippen MR) is 120 cm³/mol. The van der Waals surface area contributed by atoms with Crippen LogP contribution in [0.25, 0.3) is 22.0 Å². The average molecular weight is 410 g/mol. The zero-order chi connectivity index (χ0) is 21.4. The van der Waals surface area contributed by atoms with Gasteiger partial charge in [-0.15, -0.1) is 0 Å². The average Bonchev–Trinajstić information content (AvgIpc) is 3.12. The van der Waals surface area contributed by atoms with E-state index in [9.17, 15) is 14.7 Å². The third-order valence-electron chi connectivity index (χ3n) is 5.98. The molecule has 154 valence electrons. The number of amides is 1. The number of carbonyl (C=O) groups excluding carboxylic acids is 1. The summed E-state index contributed by atoms with van der Waals surface area (Å²) in [7, 11) is 0. The highest BCUT2D eigenvalue weighted by Gasteiger charge is 2.28. The van der Waals surface area contributed by atoms with Crippen molar-refractivity contribution in [2.24, 2.45) is 0 Å². The summed E-state index contributed by atoms with van der Waals surface area (Å²) in [6.07, 6.45) is 0.635. The third kappa shape index (κ3) is 3.38. The van der Waals surface area contributed by atoms with Crippen molar-refractivity contribution >= 4 is 22.8 Å². The van der Waals surface area contributed by atoms with Crippen LogP contribution in [0.2, 0.25) is 0 Å². The van der Waals surface area contributed by atoms with E-state index in [1.807, 2.05) is 88.3 Å². The van der Waals surface area contributed by atoms with Gasteiger partial charge in [0.2, 0.25) is 0 Å². The van der Waals surface area contributed by atoms with E-state index in [2.05, 4.69) is 0 Å². The Labute approximate surface area is 180 Å². The molecule has 4 aromatic rings. The SMILES string of the molecule is O=C(O)Cn1c2c(c3ccccc31)CN(C(=O)c1ccccc1-c1ccccc1)CC2. The molecule has 0 fully saturated rings. The molecule has 1 aromatic heterocycles. The van der Waals surface area contributed by atoms with Crippen molar-refractivity contribution in [3.63, 3.8) is 0 Å². The highest BCUT2D eigenvalue weighted by Crippen LogP contribution is 2.32. The standard InChI is InChI=1S/C26H22N2O3/c29-25(30)17-28-23-13-7-6-11-20(23)22-16-27(15-14-24(22)28)26(31)21-12-5-4-10-19(21)18-8-2-1-3-9-18/h1-13H,14-17H2,(H,29,30). The zero-order valence-corrected chi connectivity index (χ0v) is 17.0. The van der Waals surface area contributed by atoms with Gasteiger partial charge < -0.3 is 14.6 Å². The number of carbonyl (C=O) groups is 2. The summed E-state index contributed by atoms with van der Waals surface area (Å²) in [5.74, 6) is -0.862. The molecule has 0 saturated carbocycles. The van der Waals surface area contributed by atoms with Gasteiger partial charge in [-0.1, -0.05) is 66.7 Å². The molecule has 0 unspecified atom stereocenters. The number of para-hydroxylation sites is 1. The molecule has 3 aromatic carbocycles. The topological polar surface area (TPSA) is 62.5 Å². The summed E-state index contributed by atoms with van der Waals surface area (Å²) in [6.45, 7) is 0.968. The third-order valence-corrected chi connectivity index (χ3v) is 5.98. The molecule has 1 amide bonds. The first-order chi connectivity index (χ1) is 15.1. The van der Waals surface area contributed by atoms with Crippen LogP contribution in [0.1, 0.15) is 21.6 Å². The molecule has 5 nitrogen and oxygen atoms in total. The van der Waals surface area contributed by atoms with Crippen LogP contribution >= 0.6 is 0 Å². The Morgan fingerprint density at radius 1 is 0.871 bits per heavy atom. The lowest BCUT2D eigenvalue weighted by Gasteiger charge is -2.29. The number of fused-ring (bicyclic) bond motifs is 3. The zero-order valence-electron chi connectivity index (χ0n) is 17.0. The second-order valence-corrected chi connectivity index (χ2v) is 7.81. The number of nitrogens with zero attached hydrogens (tertiary/aromatic N) is 2. The van der Waals surface area contributed by atoms with Gasteiger partial charge in [-0.05, 0) is 23.3 Å². The number of aliphatic carboxylic acids is 1. The number of benzene rings is 3. The van der Waals surface area contributed by atoms with Gasteiger partial charge in [-0.2, -0.15) is 0 Å². The lowest BCUT2D eigenvalue weighted by atomic mass is 9.97. The normalized spacial score (nSPS) is 13.2. The molecule has 0 radical (unpaired) electrons. The Kier molecular flexibility index (Phi) is 4.79. The first kappa shape index (κ1) is 19.1. The van der Waals surface area contributed by atoms with Gasteiger partial charge in [-0.25, -0.2) is 0 Å². The summed E-state index contributed by atoms with van der Waals surface area (Å²) in [5, 5.41) is 10.4. The minimum atomic E-state index is -0.862. The molecule has 1 N–H and O–H groups in total. The number of aromatic nitrogens is 1. The van der Waals surface area contributed by atoms with E-state index in [-0.39, 0.29) is 12.5 Å². The summed E-state index contributed by atoms with van der Waals surface area (Å²) in [5.41, 5.74) is 5.60. The lowest BCUT2D eigenvalue weighted by Crippen LogP contribution is -2.36. The Balaban J connectivity index is 1.53. The maximum Gasteiger partial charge on any atom is 0.323 e. The van der Waals surface area contributed by atoms with Gasteiger partial charge in [0, 0.05) is 47.2 Å². The molecule has 2 heterocycles. The number of hydrogen-bond donors (Lipinski definition) is 1. The minimum Gasteiger partial charge on any atom is -0.480 e. The lowest BCUT2D eigenvalue weighted by molar-refractivity contribution is -0.137. The van der Waals surface area contributed by atoms with Crippen molar-refractivity contribution in [3.8, 4) is 11.1 Å². The van der Waals surface area contributed by atoms with Crippen LogP contribution in [0.5, 0.6) is 0 Å². The maximum atomic E-state index is 13.5. The number of carboxylic acids is 1. The largest absolute Gasteiger partial charge is 0.480 e. The van der Waals surface area contributed by atoms with Gasteiger partial charge >= 0.3 is 5.97 Å². The Morgan fingerprint density at radius 3 is 2.39 bits per heavy atom. The van der Waals surface area contributed by atoms with E-state index in [1.54, 1.807) is 0 Å². The summed E-state index contributed by atoms with van der Waals surface area (Å²) < 4.78 is 1.88. The first-order valence-electron chi connectivity index (χ1n) is 10.4. The van der Waals surface area contributed by atoms with Gasteiger partial charge in [0.25, 0.3) is 5.91 Å². The van der Waals surface area contributed by atoms with Crippen LogP contribution in [-0.2, 0) is 24.3 Å². The minimum absolute atomic E-state index is 0.000156. The van der Waals surface area contributed by atoms with Crippen LogP contribution in [0.15, 0.2) is 78.9 Å². The maximum absolute atomic E-state index is 13.5. The molecule has 5 heteroatoms. The van der Waals surface area contributed by atoms with Gasteiger partial charge in [0.1, 0.15) is 6.54 Å². The van der Waals surface area contributed by atoms with Crippen molar-refractivity contribution in [2.75, 3.05) is 6.54 Å². The Hall–Kier alpha value is -3.86. The first-order valence-corrected chi connectivity index (χ1v) is 10.4. The van der Waals surface area contributed by atoms with E-state index in [4.69, 9.17) is 0 Å². The fraction of sp³-hybridized carbons (Fsp3) is 0.154. The molecular weight excluding hydrogens is 388 g/mol. The predicted octanol–water partition coefficient (Wildman–Crippen LogP) is 4.59. The van der Waals surface area contributed by atoms with Crippen LogP contribution < -0.4 is 0 Å². The highest BCUT2D eigenvalue weighted by atomic mass is 16.4. The molecule has 0 spiro atoms. The number of carboxylic acid groups (broad SMARTS) is 1.